The fourth-order valence-corrected chi connectivity index (χ4v) is 1.61. The molecule has 1 heterocycles. The third-order valence-electron chi connectivity index (χ3n) is 2.65. The summed E-state index contributed by atoms with van der Waals surface area (Å²) in [5.41, 5.74) is 1.08. The molecular weight excluding hydrogens is 259 g/mol. The second kappa shape index (κ2) is 6.10. The van der Waals surface area contributed by atoms with Gasteiger partial charge in [0.15, 0.2) is 0 Å². The van der Waals surface area contributed by atoms with Gasteiger partial charge in [-0.15, -0.1) is 0 Å². The van der Waals surface area contributed by atoms with Gasteiger partial charge < -0.3 is 10.6 Å². The Morgan fingerprint density at radius 3 is 2.85 bits per heavy atom. The van der Waals surface area contributed by atoms with Crippen LogP contribution in [0.1, 0.15) is 23.0 Å². The summed E-state index contributed by atoms with van der Waals surface area (Å²) in [5, 5.41) is 5.56. The van der Waals surface area contributed by atoms with Gasteiger partial charge in [-0.2, -0.15) is 0 Å². The molecule has 0 unspecified atom stereocenters. The van der Waals surface area contributed by atoms with Crippen LogP contribution in [-0.4, -0.2) is 22.4 Å². The van der Waals surface area contributed by atoms with Gasteiger partial charge in [-0.25, -0.2) is 9.37 Å². The van der Waals surface area contributed by atoms with Crippen LogP contribution in [0.25, 0.3) is 0 Å². The van der Waals surface area contributed by atoms with Crippen LogP contribution in [0.3, 0.4) is 0 Å². The lowest BCUT2D eigenvalue weighted by molar-refractivity contribution is 0.102. The quantitative estimate of drug-likeness (QED) is 0.899. The van der Waals surface area contributed by atoms with Crippen molar-refractivity contribution in [1.82, 2.24) is 9.97 Å². The molecule has 0 aliphatic rings. The van der Waals surface area contributed by atoms with Crippen LogP contribution >= 0.6 is 0 Å². The second-order valence-electron chi connectivity index (χ2n) is 4.24. The number of aromatic nitrogens is 2. The van der Waals surface area contributed by atoms with E-state index in [4.69, 9.17) is 0 Å². The SMILES string of the molecule is CCNc1cncc(C(=O)Nc2ccc(C)c(F)c2)n1. The van der Waals surface area contributed by atoms with Gasteiger partial charge in [0.2, 0.25) is 0 Å². The van der Waals surface area contributed by atoms with Crippen LogP contribution < -0.4 is 10.6 Å². The highest BCUT2D eigenvalue weighted by atomic mass is 19.1. The first-order valence-electron chi connectivity index (χ1n) is 6.23. The normalized spacial score (nSPS) is 10.2. The Morgan fingerprint density at radius 2 is 2.15 bits per heavy atom. The van der Waals surface area contributed by atoms with Crippen molar-refractivity contribution >= 4 is 17.4 Å². The molecule has 0 aliphatic carbocycles. The maximum absolute atomic E-state index is 13.4. The average Bonchev–Trinajstić information content (AvgIpc) is 2.43. The molecule has 6 heteroatoms. The Balaban J connectivity index is 2.15. The van der Waals surface area contributed by atoms with Crippen molar-refractivity contribution in [2.24, 2.45) is 0 Å². The summed E-state index contributed by atoms with van der Waals surface area (Å²) >= 11 is 0. The standard InChI is InChI=1S/C14H15FN4O/c1-3-17-13-8-16-7-12(19-13)14(20)18-10-5-4-9(2)11(15)6-10/h4-8H,3H2,1-2H3,(H,17,19)(H,18,20). The van der Waals surface area contributed by atoms with E-state index in [2.05, 4.69) is 20.6 Å². The van der Waals surface area contributed by atoms with Crippen molar-refractivity contribution in [2.45, 2.75) is 13.8 Å². The third-order valence-corrected chi connectivity index (χ3v) is 2.65. The molecule has 0 saturated heterocycles. The number of halogens is 1. The number of carbonyl (C=O) groups is 1. The molecule has 1 aromatic carbocycles. The first-order chi connectivity index (χ1) is 9.60. The average molecular weight is 274 g/mol. The lowest BCUT2D eigenvalue weighted by Crippen LogP contribution is -2.15. The van der Waals surface area contributed by atoms with Crippen LogP contribution in [-0.2, 0) is 0 Å². The first-order valence-corrected chi connectivity index (χ1v) is 6.23. The van der Waals surface area contributed by atoms with E-state index in [1.807, 2.05) is 6.92 Å². The molecule has 0 atom stereocenters. The Bertz CT molecular complexity index is 630. The summed E-state index contributed by atoms with van der Waals surface area (Å²) in [6.45, 7) is 4.26. The third kappa shape index (κ3) is 3.28. The zero-order chi connectivity index (χ0) is 14.5. The minimum atomic E-state index is -0.430. The molecule has 2 rings (SSSR count). The van der Waals surface area contributed by atoms with Gasteiger partial charge in [-0.3, -0.25) is 9.78 Å². The van der Waals surface area contributed by atoms with E-state index in [0.29, 0.717) is 23.6 Å². The van der Waals surface area contributed by atoms with Gasteiger partial charge in [0, 0.05) is 12.2 Å². The molecule has 0 saturated carbocycles. The number of nitrogens with zero attached hydrogens (tertiary/aromatic N) is 2. The molecule has 0 fully saturated rings. The number of carbonyl (C=O) groups excluding carboxylic acids is 1. The summed E-state index contributed by atoms with van der Waals surface area (Å²) in [5.74, 6) is -0.272. The molecular formula is C14H15FN4O. The van der Waals surface area contributed by atoms with E-state index in [0.717, 1.165) is 0 Å². The smallest absolute Gasteiger partial charge is 0.275 e. The minimum absolute atomic E-state index is 0.171. The van der Waals surface area contributed by atoms with Gasteiger partial charge in [0.1, 0.15) is 17.3 Å². The predicted octanol–water partition coefficient (Wildman–Crippen LogP) is 2.61. The molecule has 104 valence electrons. The molecule has 5 nitrogen and oxygen atoms in total. The second-order valence-corrected chi connectivity index (χ2v) is 4.24. The van der Waals surface area contributed by atoms with Crippen LogP contribution in [0.5, 0.6) is 0 Å². The number of rotatable bonds is 4. The Morgan fingerprint density at radius 1 is 1.35 bits per heavy atom. The number of hydrogen-bond donors (Lipinski definition) is 2. The summed E-state index contributed by atoms with van der Waals surface area (Å²) in [6.07, 6.45) is 2.90. The molecule has 0 radical (unpaired) electrons. The van der Waals surface area contributed by atoms with Gasteiger partial charge in [-0.05, 0) is 31.5 Å². The van der Waals surface area contributed by atoms with Crippen molar-refractivity contribution in [3.05, 3.63) is 47.7 Å². The van der Waals surface area contributed by atoms with Gasteiger partial charge in [0.25, 0.3) is 5.91 Å². The molecule has 2 aromatic rings. The molecule has 20 heavy (non-hydrogen) atoms. The molecule has 0 spiro atoms. The van der Waals surface area contributed by atoms with Crippen LogP contribution in [0.4, 0.5) is 15.9 Å². The van der Waals surface area contributed by atoms with E-state index >= 15 is 0 Å². The van der Waals surface area contributed by atoms with Gasteiger partial charge in [0.05, 0.1) is 12.4 Å². The Kier molecular flexibility index (Phi) is 4.24. The molecule has 1 aromatic heterocycles. The summed E-state index contributed by atoms with van der Waals surface area (Å²) in [4.78, 5) is 20.1. The fourth-order valence-electron chi connectivity index (χ4n) is 1.61. The zero-order valence-electron chi connectivity index (χ0n) is 11.3. The van der Waals surface area contributed by atoms with Gasteiger partial charge in [-0.1, -0.05) is 6.07 Å². The van der Waals surface area contributed by atoms with Crippen LogP contribution in [0.2, 0.25) is 0 Å². The lowest BCUT2D eigenvalue weighted by atomic mass is 10.2. The van der Waals surface area contributed by atoms with Crippen molar-refractivity contribution in [2.75, 3.05) is 17.2 Å². The summed E-state index contributed by atoms with van der Waals surface area (Å²) in [7, 11) is 0. The fraction of sp³-hybridized carbons (Fsp3) is 0.214. The summed E-state index contributed by atoms with van der Waals surface area (Å²) < 4.78 is 13.4. The number of amides is 1. The number of nitrogens with one attached hydrogen (secondary N) is 2. The highest BCUT2D eigenvalue weighted by Crippen LogP contribution is 2.14. The predicted molar refractivity (Wildman–Crippen MR) is 75.3 cm³/mol. The molecule has 0 bridgehead atoms. The van der Waals surface area contributed by atoms with E-state index < -0.39 is 5.91 Å². The zero-order valence-corrected chi connectivity index (χ0v) is 11.3. The number of hydrogen-bond acceptors (Lipinski definition) is 4. The van der Waals surface area contributed by atoms with E-state index in [9.17, 15) is 9.18 Å². The van der Waals surface area contributed by atoms with E-state index in [1.54, 1.807) is 19.1 Å². The van der Waals surface area contributed by atoms with Crippen molar-refractivity contribution in [3.63, 3.8) is 0 Å². The van der Waals surface area contributed by atoms with Crippen molar-refractivity contribution < 1.29 is 9.18 Å². The maximum Gasteiger partial charge on any atom is 0.275 e. The van der Waals surface area contributed by atoms with E-state index in [-0.39, 0.29) is 11.5 Å². The molecule has 0 aliphatic heterocycles. The largest absolute Gasteiger partial charge is 0.369 e. The first kappa shape index (κ1) is 13.9. The van der Waals surface area contributed by atoms with Crippen LogP contribution in [0, 0.1) is 12.7 Å². The van der Waals surface area contributed by atoms with Crippen LogP contribution in [0.15, 0.2) is 30.6 Å². The topological polar surface area (TPSA) is 66.9 Å². The monoisotopic (exact) mass is 274 g/mol. The lowest BCUT2D eigenvalue weighted by Gasteiger charge is -2.07. The maximum atomic E-state index is 13.4. The highest BCUT2D eigenvalue weighted by Gasteiger charge is 2.10. The minimum Gasteiger partial charge on any atom is -0.369 e. The Labute approximate surface area is 116 Å². The van der Waals surface area contributed by atoms with Gasteiger partial charge >= 0.3 is 0 Å². The Hall–Kier alpha value is -2.50. The number of benzene rings is 1. The summed E-state index contributed by atoms with van der Waals surface area (Å²) in [6, 6.07) is 4.51. The molecule has 2 N–H and O–H groups in total. The van der Waals surface area contributed by atoms with E-state index in [1.165, 1.54) is 18.5 Å². The highest BCUT2D eigenvalue weighted by molar-refractivity contribution is 6.02. The van der Waals surface area contributed by atoms with Crippen molar-refractivity contribution in [1.29, 1.82) is 0 Å². The van der Waals surface area contributed by atoms with Crippen molar-refractivity contribution in [3.8, 4) is 0 Å². The number of aryl methyl sites for hydroxylation is 1. The molecule has 1 amide bonds. The number of anilines is 2.